The van der Waals surface area contributed by atoms with E-state index >= 15 is 0 Å². The summed E-state index contributed by atoms with van der Waals surface area (Å²) in [5, 5.41) is 12.0. The summed E-state index contributed by atoms with van der Waals surface area (Å²) in [4.78, 5) is 2.27. The van der Waals surface area contributed by atoms with Gasteiger partial charge in [0.05, 0.1) is 0 Å². The van der Waals surface area contributed by atoms with Crippen molar-refractivity contribution in [2.24, 2.45) is 0 Å². The van der Waals surface area contributed by atoms with Crippen LogP contribution in [0.1, 0.15) is 19.4 Å². The summed E-state index contributed by atoms with van der Waals surface area (Å²) in [5.74, 6) is 0. The summed E-state index contributed by atoms with van der Waals surface area (Å²) in [6, 6.07) is 17.3. The minimum atomic E-state index is 0.639. The van der Waals surface area contributed by atoms with Crippen LogP contribution in [0.5, 0.6) is 0 Å². The predicted octanol–water partition coefficient (Wildman–Crippen LogP) is 3.79. The molecule has 0 bridgehead atoms. The normalized spacial score (nSPS) is 11.4. The Kier molecular flexibility index (Phi) is 4.77. The SMILES string of the molecule is CCN(CC)c1ccc(C=[N+]([O-])c2ccccc2)cc1. The predicted molar refractivity (Wildman–Crippen MR) is 84.9 cm³/mol. The third-order valence-corrected chi connectivity index (χ3v) is 3.30. The van der Waals surface area contributed by atoms with Gasteiger partial charge in [-0.05, 0) is 38.1 Å². The lowest BCUT2D eigenvalue weighted by Gasteiger charge is -2.20. The zero-order valence-electron chi connectivity index (χ0n) is 12.0. The van der Waals surface area contributed by atoms with Crippen molar-refractivity contribution in [2.45, 2.75) is 13.8 Å². The molecular formula is C17H20N2O. The maximum atomic E-state index is 12.0. The van der Waals surface area contributed by atoms with E-state index < -0.39 is 0 Å². The molecule has 3 heteroatoms. The van der Waals surface area contributed by atoms with Gasteiger partial charge in [0.2, 0.25) is 5.69 Å². The minimum Gasteiger partial charge on any atom is -0.618 e. The Hall–Kier alpha value is -2.29. The second kappa shape index (κ2) is 6.75. The second-order valence-electron chi connectivity index (χ2n) is 4.55. The number of nitrogens with zero attached hydrogens (tertiary/aromatic N) is 2. The molecule has 2 rings (SSSR count). The van der Waals surface area contributed by atoms with Crippen LogP contribution in [-0.4, -0.2) is 24.0 Å². The molecule has 0 saturated heterocycles. The number of rotatable bonds is 5. The monoisotopic (exact) mass is 268 g/mol. The highest BCUT2D eigenvalue weighted by Crippen LogP contribution is 2.15. The number of para-hydroxylation sites is 1. The van der Waals surface area contributed by atoms with Crippen LogP contribution in [0.2, 0.25) is 0 Å². The van der Waals surface area contributed by atoms with Crippen molar-refractivity contribution in [3.8, 4) is 0 Å². The first-order chi connectivity index (χ1) is 9.74. The quantitative estimate of drug-likeness (QED) is 0.357. The van der Waals surface area contributed by atoms with Crippen molar-refractivity contribution in [1.82, 2.24) is 0 Å². The Labute approximate surface area is 120 Å². The lowest BCUT2D eigenvalue weighted by Crippen LogP contribution is -2.21. The van der Waals surface area contributed by atoms with Gasteiger partial charge in [-0.25, -0.2) is 0 Å². The number of benzene rings is 2. The van der Waals surface area contributed by atoms with Gasteiger partial charge in [-0.1, -0.05) is 18.2 Å². The van der Waals surface area contributed by atoms with Gasteiger partial charge in [0, 0.05) is 36.5 Å². The van der Waals surface area contributed by atoms with Crippen LogP contribution in [0.3, 0.4) is 0 Å². The van der Waals surface area contributed by atoms with E-state index in [0.717, 1.165) is 23.4 Å². The second-order valence-corrected chi connectivity index (χ2v) is 4.55. The molecule has 3 nitrogen and oxygen atoms in total. The van der Waals surface area contributed by atoms with Gasteiger partial charge in [0.25, 0.3) is 0 Å². The first-order valence-corrected chi connectivity index (χ1v) is 6.96. The number of hydrogen-bond donors (Lipinski definition) is 0. The van der Waals surface area contributed by atoms with E-state index in [0.29, 0.717) is 5.69 Å². The maximum Gasteiger partial charge on any atom is 0.216 e. The van der Waals surface area contributed by atoms with Crippen molar-refractivity contribution in [2.75, 3.05) is 18.0 Å². The molecule has 0 heterocycles. The largest absolute Gasteiger partial charge is 0.618 e. The highest BCUT2D eigenvalue weighted by atomic mass is 16.5. The molecule has 0 spiro atoms. The van der Waals surface area contributed by atoms with E-state index in [9.17, 15) is 5.21 Å². The first kappa shape index (κ1) is 14.1. The molecule has 0 fully saturated rings. The highest BCUT2D eigenvalue weighted by Gasteiger charge is 2.03. The van der Waals surface area contributed by atoms with Gasteiger partial charge in [0.15, 0.2) is 6.21 Å². The van der Waals surface area contributed by atoms with Crippen molar-refractivity contribution < 1.29 is 4.74 Å². The Morgan fingerprint density at radius 2 is 1.55 bits per heavy atom. The third-order valence-electron chi connectivity index (χ3n) is 3.30. The molecule has 0 saturated carbocycles. The number of anilines is 1. The minimum absolute atomic E-state index is 0.639. The fourth-order valence-corrected chi connectivity index (χ4v) is 2.14. The summed E-state index contributed by atoms with van der Waals surface area (Å²) < 4.78 is 0.895. The first-order valence-electron chi connectivity index (χ1n) is 6.96. The molecule has 0 aliphatic rings. The molecule has 0 N–H and O–H groups in total. The topological polar surface area (TPSA) is 29.3 Å². The molecule has 0 radical (unpaired) electrons. The van der Waals surface area contributed by atoms with Gasteiger partial charge in [-0.3, -0.25) is 0 Å². The Morgan fingerprint density at radius 3 is 2.10 bits per heavy atom. The van der Waals surface area contributed by atoms with Crippen LogP contribution in [0, 0.1) is 5.21 Å². The highest BCUT2D eigenvalue weighted by molar-refractivity contribution is 5.77. The van der Waals surface area contributed by atoms with Crippen molar-refractivity contribution in [1.29, 1.82) is 0 Å². The Bertz CT molecular complexity index is 557. The molecule has 2 aromatic rings. The van der Waals surface area contributed by atoms with Crippen LogP contribution < -0.4 is 4.90 Å². The van der Waals surface area contributed by atoms with Crippen LogP contribution in [0.4, 0.5) is 11.4 Å². The summed E-state index contributed by atoms with van der Waals surface area (Å²) in [6.45, 7) is 6.24. The standard InChI is InChI=1S/C17H20N2O/c1-3-18(4-2)16-12-10-15(11-13-16)14-19(20)17-8-6-5-7-9-17/h5-14H,3-4H2,1-2H3. The average Bonchev–Trinajstić information content (AvgIpc) is 2.51. The van der Waals surface area contributed by atoms with E-state index in [2.05, 4.69) is 30.9 Å². The third kappa shape index (κ3) is 3.38. The summed E-state index contributed by atoms with van der Waals surface area (Å²) in [6.07, 6.45) is 1.60. The molecule has 0 aliphatic heterocycles. The molecule has 0 aromatic heterocycles. The molecule has 20 heavy (non-hydrogen) atoms. The summed E-state index contributed by atoms with van der Waals surface area (Å²) >= 11 is 0. The van der Waals surface area contributed by atoms with Gasteiger partial charge >= 0.3 is 0 Å². The molecule has 2 aromatic carbocycles. The number of hydrogen-bond acceptors (Lipinski definition) is 2. The zero-order valence-corrected chi connectivity index (χ0v) is 12.0. The van der Waals surface area contributed by atoms with Crippen LogP contribution in [0.25, 0.3) is 0 Å². The molecule has 0 unspecified atom stereocenters. The van der Waals surface area contributed by atoms with Gasteiger partial charge in [-0.15, -0.1) is 0 Å². The van der Waals surface area contributed by atoms with Gasteiger partial charge < -0.3 is 10.1 Å². The summed E-state index contributed by atoms with van der Waals surface area (Å²) in [7, 11) is 0. The zero-order chi connectivity index (χ0) is 14.4. The van der Waals surface area contributed by atoms with E-state index in [-0.39, 0.29) is 0 Å². The van der Waals surface area contributed by atoms with E-state index in [4.69, 9.17) is 0 Å². The van der Waals surface area contributed by atoms with Gasteiger partial charge in [0.1, 0.15) is 0 Å². The van der Waals surface area contributed by atoms with Crippen LogP contribution in [-0.2, 0) is 0 Å². The molecule has 0 aliphatic carbocycles. The summed E-state index contributed by atoms with van der Waals surface area (Å²) in [5.41, 5.74) is 2.73. The maximum absolute atomic E-state index is 12.0. The van der Waals surface area contributed by atoms with Crippen molar-refractivity contribution in [3.05, 3.63) is 65.4 Å². The Morgan fingerprint density at radius 1 is 0.950 bits per heavy atom. The lowest BCUT2D eigenvalue weighted by molar-refractivity contribution is -0.354. The Balaban J connectivity index is 2.18. The van der Waals surface area contributed by atoms with Crippen molar-refractivity contribution in [3.63, 3.8) is 0 Å². The van der Waals surface area contributed by atoms with E-state index in [1.54, 1.807) is 18.3 Å². The van der Waals surface area contributed by atoms with Crippen LogP contribution >= 0.6 is 0 Å². The van der Waals surface area contributed by atoms with E-state index in [1.807, 2.05) is 30.3 Å². The van der Waals surface area contributed by atoms with Crippen molar-refractivity contribution >= 4 is 17.6 Å². The molecule has 0 amide bonds. The molecule has 104 valence electrons. The molecule has 0 atom stereocenters. The van der Waals surface area contributed by atoms with E-state index in [1.165, 1.54) is 5.69 Å². The fourth-order valence-electron chi connectivity index (χ4n) is 2.14. The van der Waals surface area contributed by atoms with Crippen LogP contribution in [0.15, 0.2) is 54.6 Å². The lowest BCUT2D eigenvalue weighted by atomic mass is 10.2. The fraction of sp³-hybridized carbons (Fsp3) is 0.235. The smallest absolute Gasteiger partial charge is 0.216 e. The van der Waals surface area contributed by atoms with Gasteiger partial charge in [-0.2, -0.15) is 4.74 Å². The average molecular weight is 268 g/mol. The molecular weight excluding hydrogens is 248 g/mol.